The summed E-state index contributed by atoms with van der Waals surface area (Å²) >= 11 is 0. The third-order valence-corrected chi connectivity index (χ3v) is 7.86. The molecule has 0 spiro atoms. The second kappa shape index (κ2) is 12.8. The van der Waals surface area contributed by atoms with Crippen LogP contribution in [0.3, 0.4) is 0 Å². The number of benzene rings is 2. The number of aliphatic carboxylic acids is 1. The predicted octanol–water partition coefficient (Wildman–Crippen LogP) is 6.95. The van der Waals surface area contributed by atoms with Crippen molar-refractivity contribution < 1.29 is 28.6 Å². The van der Waals surface area contributed by atoms with Crippen molar-refractivity contribution in [3.05, 3.63) is 77.2 Å². The summed E-state index contributed by atoms with van der Waals surface area (Å²) in [6, 6.07) is 14.3. The van der Waals surface area contributed by atoms with Crippen LogP contribution in [0, 0.1) is 17.7 Å². The van der Waals surface area contributed by atoms with Crippen LogP contribution in [-0.2, 0) is 11.3 Å². The van der Waals surface area contributed by atoms with Gasteiger partial charge in [0.15, 0.2) is 0 Å². The summed E-state index contributed by atoms with van der Waals surface area (Å²) in [5.41, 5.74) is 2.94. The molecular formula is C33H39FN2O5. The van der Waals surface area contributed by atoms with E-state index in [-0.39, 0.29) is 18.0 Å². The largest absolute Gasteiger partial charge is 0.481 e. The SMILES string of the molecule is COc1cc(-c2ccc(C(=O)Oc3cccc([C@H](C4CC4)[C@H](C)C(=O)O)c3)cc2CN(C(C)C)C(C)C)c(F)cn1. The Bertz CT molecular complexity index is 1390. The Kier molecular flexibility index (Phi) is 9.43. The van der Waals surface area contributed by atoms with Gasteiger partial charge in [-0.15, -0.1) is 0 Å². The van der Waals surface area contributed by atoms with Gasteiger partial charge in [0.2, 0.25) is 5.88 Å². The number of rotatable bonds is 12. The van der Waals surface area contributed by atoms with Crippen LogP contribution < -0.4 is 9.47 Å². The van der Waals surface area contributed by atoms with E-state index in [2.05, 4.69) is 37.6 Å². The van der Waals surface area contributed by atoms with Crippen LogP contribution in [0.2, 0.25) is 0 Å². The Labute approximate surface area is 241 Å². The van der Waals surface area contributed by atoms with Crippen LogP contribution in [0.25, 0.3) is 11.1 Å². The average molecular weight is 563 g/mol. The van der Waals surface area contributed by atoms with E-state index in [1.807, 2.05) is 6.07 Å². The van der Waals surface area contributed by atoms with Crippen molar-refractivity contribution in [3.63, 3.8) is 0 Å². The van der Waals surface area contributed by atoms with Crippen LogP contribution in [0.15, 0.2) is 54.7 Å². The van der Waals surface area contributed by atoms with Crippen LogP contribution in [0.4, 0.5) is 4.39 Å². The molecule has 1 fully saturated rings. The smallest absolute Gasteiger partial charge is 0.343 e. The number of hydrogen-bond donors (Lipinski definition) is 1. The Balaban J connectivity index is 1.67. The summed E-state index contributed by atoms with van der Waals surface area (Å²) in [4.78, 5) is 31.3. The number of carbonyl (C=O) groups excluding carboxylic acids is 1. The molecule has 0 saturated heterocycles. The molecule has 1 aliphatic rings. The number of aromatic nitrogens is 1. The summed E-state index contributed by atoms with van der Waals surface area (Å²) in [6.07, 6.45) is 3.13. The summed E-state index contributed by atoms with van der Waals surface area (Å²) in [6.45, 7) is 10.6. The van der Waals surface area contributed by atoms with E-state index in [9.17, 15) is 19.1 Å². The van der Waals surface area contributed by atoms with Crippen molar-refractivity contribution >= 4 is 11.9 Å². The third kappa shape index (κ3) is 7.11. The van der Waals surface area contributed by atoms with Gasteiger partial charge in [-0.3, -0.25) is 9.69 Å². The standard InChI is InChI=1S/C33H39FN2O5/c1-19(2)36(20(3)4)18-25-14-24(12-13-27(25)28-16-30(40-6)35-17-29(28)34)33(39)41-26-9-7-8-23(15-26)31(22-10-11-22)21(5)32(37)38/h7-9,12-17,19-22,31H,10-11,18H2,1-6H3,(H,37,38)/t21-,31-/m0/s1. The lowest BCUT2D eigenvalue weighted by atomic mass is 9.83. The molecule has 1 saturated carbocycles. The summed E-state index contributed by atoms with van der Waals surface area (Å²) in [5, 5.41) is 9.64. The first-order valence-corrected chi connectivity index (χ1v) is 14.1. The van der Waals surface area contributed by atoms with Gasteiger partial charge in [-0.05, 0) is 93.3 Å². The van der Waals surface area contributed by atoms with Crippen LogP contribution >= 0.6 is 0 Å². The minimum atomic E-state index is -0.836. The lowest BCUT2D eigenvalue weighted by Gasteiger charge is -2.31. The zero-order valence-electron chi connectivity index (χ0n) is 24.6. The molecular weight excluding hydrogens is 523 g/mol. The Morgan fingerprint density at radius 3 is 2.34 bits per heavy atom. The fourth-order valence-electron chi connectivity index (χ4n) is 5.54. The molecule has 2 atom stereocenters. The second-order valence-electron chi connectivity index (χ2n) is 11.4. The summed E-state index contributed by atoms with van der Waals surface area (Å²) in [5.74, 6) is -1.57. The number of esters is 1. The maximum atomic E-state index is 15.0. The molecule has 0 aliphatic heterocycles. The monoisotopic (exact) mass is 562 g/mol. The number of pyridine rings is 1. The van der Waals surface area contributed by atoms with Gasteiger partial charge >= 0.3 is 11.9 Å². The van der Waals surface area contributed by atoms with Gasteiger partial charge in [0.25, 0.3) is 0 Å². The molecule has 2 aromatic carbocycles. The lowest BCUT2D eigenvalue weighted by Crippen LogP contribution is -2.36. The van der Waals surface area contributed by atoms with Gasteiger partial charge in [0, 0.05) is 30.3 Å². The predicted molar refractivity (Wildman–Crippen MR) is 156 cm³/mol. The fraction of sp³-hybridized carbons (Fsp3) is 0.424. The Morgan fingerprint density at radius 2 is 1.73 bits per heavy atom. The van der Waals surface area contributed by atoms with Crippen molar-refractivity contribution in [2.24, 2.45) is 11.8 Å². The van der Waals surface area contributed by atoms with E-state index < -0.39 is 23.7 Å². The molecule has 0 amide bonds. The number of carboxylic acids is 1. The summed E-state index contributed by atoms with van der Waals surface area (Å²) < 4.78 is 26.0. The lowest BCUT2D eigenvalue weighted by molar-refractivity contribution is -0.142. The zero-order chi connectivity index (χ0) is 29.8. The second-order valence-corrected chi connectivity index (χ2v) is 11.4. The molecule has 0 unspecified atom stereocenters. The molecule has 218 valence electrons. The van der Waals surface area contributed by atoms with Gasteiger partial charge < -0.3 is 14.6 Å². The Hall–Kier alpha value is -3.78. The number of carbonyl (C=O) groups is 2. The van der Waals surface area contributed by atoms with E-state index in [1.165, 1.54) is 7.11 Å². The minimum Gasteiger partial charge on any atom is -0.481 e. The van der Waals surface area contributed by atoms with Crippen LogP contribution in [0.1, 0.15) is 74.9 Å². The maximum Gasteiger partial charge on any atom is 0.343 e. The van der Waals surface area contributed by atoms with E-state index in [4.69, 9.17) is 9.47 Å². The molecule has 0 radical (unpaired) electrons. The van der Waals surface area contributed by atoms with Gasteiger partial charge in [-0.25, -0.2) is 14.2 Å². The minimum absolute atomic E-state index is 0.137. The zero-order valence-corrected chi connectivity index (χ0v) is 24.6. The molecule has 1 N–H and O–H groups in total. The van der Waals surface area contributed by atoms with Gasteiger partial charge in [-0.2, -0.15) is 0 Å². The van der Waals surface area contributed by atoms with E-state index in [0.717, 1.165) is 30.2 Å². The first-order valence-electron chi connectivity index (χ1n) is 14.1. The number of methoxy groups -OCH3 is 1. The number of ether oxygens (including phenoxy) is 2. The molecule has 3 aromatic rings. The highest BCUT2D eigenvalue weighted by Crippen LogP contribution is 2.47. The molecule has 7 nitrogen and oxygen atoms in total. The van der Waals surface area contributed by atoms with Gasteiger partial charge in [0.05, 0.1) is 24.8 Å². The molecule has 4 rings (SSSR count). The molecule has 1 aliphatic carbocycles. The summed E-state index contributed by atoms with van der Waals surface area (Å²) in [7, 11) is 1.48. The molecule has 8 heteroatoms. The van der Waals surface area contributed by atoms with Crippen molar-refractivity contribution in [2.45, 2.75) is 72.0 Å². The number of halogens is 1. The van der Waals surface area contributed by atoms with Gasteiger partial charge in [0.1, 0.15) is 11.6 Å². The average Bonchev–Trinajstić information content (AvgIpc) is 3.77. The highest BCUT2D eigenvalue weighted by molar-refractivity contribution is 5.92. The molecule has 41 heavy (non-hydrogen) atoms. The van der Waals surface area contributed by atoms with Crippen molar-refractivity contribution in [2.75, 3.05) is 7.11 Å². The van der Waals surface area contributed by atoms with E-state index >= 15 is 0 Å². The van der Waals surface area contributed by atoms with Crippen LogP contribution in [0.5, 0.6) is 11.6 Å². The normalized spacial score (nSPS) is 14.8. The number of hydrogen-bond acceptors (Lipinski definition) is 6. The van der Waals surface area contributed by atoms with Crippen LogP contribution in [-0.4, -0.2) is 46.1 Å². The molecule has 1 aromatic heterocycles. The third-order valence-electron chi connectivity index (χ3n) is 7.86. The first-order chi connectivity index (χ1) is 19.5. The first kappa shape index (κ1) is 30.2. The molecule has 1 heterocycles. The highest BCUT2D eigenvalue weighted by Gasteiger charge is 2.38. The van der Waals surface area contributed by atoms with Crippen molar-refractivity contribution in [3.8, 4) is 22.8 Å². The maximum absolute atomic E-state index is 15.0. The van der Waals surface area contributed by atoms with Gasteiger partial charge in [-0.1, -0.05) is 25.1 Å². The van der Waals surface area contributed by atoms with E-state index in [1.54, 1.807) is 49.4 Å². The quantitative estimate of drug-likeness (QED) is 0.189. The molecule has 0 bridgehead atoms. The van der Waals surface area contributed by atoms with E-state index in [0.29, 0.717) is 40.8 Å². The number of nitrogens with zero attached hydrogens (tertiary/aromatic N) is 2. The fourth-order valence-corrected chi connectivity index (χ4v) is 5.54. The topological polar surface area (TPSA) is 89.0 Å². The Morgan fingerprint density at radius 1 is 1.02 bits per heavy atom. The van der Waals surface area contributed by atoms with Crippen molar-refractivity contribution in [1.29, 1.82) is 0 Å². The van der Waals surface area contributed by atoms with Crippen molar-refractivity contribution in [1.82, 2.24) is 9.88 Å². The number of carboxylic acid groups (broad SMARTS) is 1. The highest BCUT2D eigenvalue weighted by atomic mass is 19.1.